The summed E-state index contributed by atoms with van der Waals surface area (Å²) in [5.74, 6) is 1.59. The highest BCUT2D eigenvalue weighted by Gasteiger charge is 2.32. The minimum atomic E-state index is 0. The van der Waals surface area contributed by atoms with E-state index in [9.17, 15) is 4.79 Å². The van der Waals surface area contributed by atoms with Crippen LogP contribution in [0.2, 0.25) is 0 Å². The second kappa shape index (κ2) is 11.0. The fraction of sp³-hybridized carbons (Fsp3) is 0.765. The number of nitrogens with zero attached hydrogens (tertiary/aromatic N) is 2. The van der Waals surface area contributed by atoms with Crippen molar-refractivity contribution in [3.05, 3.63) is 18.2 Å². The second-order valence-electron chi connectivity index (χ2n) is 7.11. The maximum Gasteiger partial charge on any atom is 0.220 e. The third-order valence-corrected chi connectivity index (χ3v) is 4.69. The first kappa shape index (κ1) is 23.2. The largest absolute Gasteiger partial charge is 0.349 e. The monoisotopic (exact) mass is 378 g/mol. The SMILES string of the molecule is CC(C)Cn1ccnc1CNC(=O)CC1(CN)CCCCC1.Cl.Cl. The molecule has 1 aliphatic carbocycles. The average Bonchev–Trinajstić information content (AvgIpc) is 2.92. The highest BCUT2D eigenvalue weighted by atomic mass is 35.5. The molecule has 1 aromatic heterocycles. The van der Waals surface area contributed by atoms with Gasteiger partial charge in [0.2, 0.25) is 5.91 Å². The predicted octanol–water partition coefficient (Wildman–Crippen LogP) is 3.30. The summed E-state index contributed by atoms with van der Waals surface area (Å²) in [6, 6.07) is 0. The van der Waals surface area contributed by atoms with Gasteiger partial charge in [0.25, 0.3) is 0 Å². The molecule has 1 aromatic rings. The lowest BCUT2D eigenvalue weighted by molar-refractivity contribution is -0.124. The third kappa shape index (κ3) is 6.61. The summed E-state index contributed by atoms with van der Waals surface area (Å²) in [4.78, 5) is 16.6. The van der Waals surface area contributed by atoms with Gasteiger partial charge in [0.15, 0.2) is 0 Å². The molecule has 24 heavy (non-hydrogen) atoms. The molecule has 0 radical (unpaired) electrons. The zero-order valence-electron chi connectivity index (χ0n) is 14.8. The van der Waals surface area contributed by atoms with Gasteiger partial charge in [0.1, 0.15) is 5.82 Å². The van der Waals surface area contributed by atoms with E-state index >= 15 is 0 Å². The minimum absolute atomic E-state index is 0. The topological polar surface area (TPSA) is 72.9 Å². The van der Waals surface area contributed by atoms with E-state index in [0.29, 0.717) is 25.4 Å². The van der Waals surface area contributed by atoms with E-state index in [2.05, 4.69) is 28.7 Å². The smallest absolute Gasteiger partial charge is 0.220 e. The number of carbonyl (C=O) groups is 1. The Morgan fingerprint density at radius 2 is 2.00 bits per heavy atom. The first-order chi connectivity index (χ1) is 10.5. The van der Waals surface area contributed by atoms with Gasteiger partial charge in [0, 0.05) is 25.4 Å². The van der Waals surface area contributed by atoms with E-state index in [1.54, 1.807) is 6.20 Å². The Balaban J connectivity index is 0.00000264. The molecule has 1 saturated carbocycles. The van der Waals surface area contributed by atoms with E-state index in [-0.39, 0.29) is 36.1 Å². The first-order valence-electron chi connectivity index (χ1n) is 8.51. The Hall–Kier alpha value is -0.780. The summed E-state index contributed by atoms with van der Waals surface area (Å²) >= 11 is 0. The molecule has 0 saturated heterocycles. The number of hydrogen-bond donors (Lipinski definition) is 2. The molecule has 1 aliphatic rings. The van der Waals surface area contributed by atoms with Crippen LogP contribution in [0.15, 0.2) is 12.4 Å². The lowest BCUT2D eigenvalue weighted by atomic mass is 9.71. The van der Waals surface area contributed by atoms with Crippen LogP contribution in [0.1, 0.15) is 58.2 Å². The Morgan fingerprint density at radius 1 is 1.33 bits per heavy atom. The first-order valence-corrected chi connectivity index (χ1v) is 8.51. The van der Waals surface area contributed by atoms with Gasteiger partial charge in [-0.3, -0.25) is 4.79 Å². The molecule has 3 N–H and O–H groups in total. The lowest BCUT2D eigenvalue weighted by Gasteiger charge is -2.35. The standard InChI is InChI=1S/C17H30N4O.2ClH/c1-14(2)12-21-9-8-19-15(21)11-20-16(22)10-17(13-18)6-4-3-5-7-17;;/h8-9,14H,3-7,10-13,18H2,1-2H3,(H,20,22);2*1H. The minimum Gasteiger partial charge on any atom is -0.349 e. The lowest BCUT2D eigenvalue weighted by Crippen LogP contribution is -2.38. The number of aromatic nitrogens is 2. The number of hydrogen-bond acceptors (Lipinski definition) is 3. The Bertz CT molecular complexity index is 485. The molecule has 0 bridgehead atoms. The van der Waals surface area contributed by atoms with Crippen molar-refractivity contribution in [1.82, 2.24) is 14.9 Å². The number of rotatable bonds is 7. The normalized spacial score (nSPS) is 16.2. The molecule has 0 aliphatic heterocycles. The van der Waals surface area contributed by atoms with Gasteiger partial charge in [-0.1, -0.05) is 33.1 Å². The Morgan fingerprint density at radius 3 is 2.58 bits per heavy atom. The fourth-order valence-corrected chi connectivity index (χ4v) is 3.40. The molecule has 0 spiro atoms. The summed E-state index contributed by atoms with van der Waals surface area (Å²) in [6.45, 7) is 6.40. The van der Waals surface area contributed by atoms with Crippen LogP contribution in [0, 0.1) is 11.3 Å². The Kier molecular flexibility index (Phi) is 10.6. The zero-order chi connectivity index (χ0) is 16.0. The summed E-state index contributed by atoms with van der Waals surface area (Å²) in [5.41, 5.74) is 5.98. The van der Waals surface area contributed by atoms with Crippen LogP contribution in [-0.4, -0.2) is 22.0 Å². The summed E-state index contributed by atoms with van der Waals surface area (Å²) in [5, 5.41) is 3.03. The molecule has 1 amide bonds. The number of imidazole rings is 1. The van der Waals surface area contributed by atoms with Gasteiger partial charge in [-0.2, -0.15) is 0 Å². The molecule has 0 unspecified atom stereocenters. The van der Waals surface area contributed by atoms with Crippen molar-refractivity contribution < 1.29 is 4.79 Å². The molecule has 2 rings (SSSR count). The zero-order valence-corrected chi connectivity index (χ0v) is 16.4. The molecule has 7 heteroatoms. The highest BCUT2D eigenvalue weighted by molar-refractivity contribution is 5.85. The predicted molar refractivity (Wildman–Crippen MR) is 103 cm³/mol. The van der Waals surface area contributed by atoms with Crippen LogP contribution >= 0.6 is 24.8 Å². The molecule has 1 heterocycles. The van der Waals surface area contributed by atoms with Crippen LogP contribution < -0.4 is 11.1 Å². The van der Waals surface area contributed by atoms with Crippen molar-refractivity contribution >= 4 is 30.7 Å². The number of halogens is 2. The van der Waals surface area contributed by atoms with E-state index in [4.69, 9.17) is 5.73 Å². The Labute approximate surface area is 158 Å². The highest BCUT2D eigenvalue weighted by Crippen LogP contribution is 2.38. The van der Waals surface area contributed by atoms with Gasteiger partial charge in [-0.25, -0.2) is 4.98 Å². The molecular formula is C17H32Cl2N4O. The molecular weight excluding hydrogens is 347 g/mol. The molecule has 1 fully saturated rings. The van der Waals surface area contributed by atoms with Crippen molar-refractivity contribution in [2.24, 2.45) is 17.1 Å². The summed E-state index contributed by atoms with van der Waals surface area (Å²) in [7, 11) is 0. The van der Waals surface area contributed by atoms with Gasteiger partial charge in [0.05, 0.1) is 6.54 Å². The second-order valence-corrected chi connectivity index (χ2v) is 7.11. The van der Waals surface area contributed by atoms with Gasteiger partial charge in [-0.05, 0) is 30.7 Å². The molecule has 140 valence electrons. The van der Waals surface area contributed by atoms with E-state index < -0.39 is 0 Å². The fourth-order valence-electron chi connectivity index (χ4n) is 3.40. The van der Waals surface area contributed by atoms with Gasteiger partial charge >= 0.3 is 0 Å². The van der Waals surface area contributed by atoms with Crippen molar-refractivity contribution in [2.75, 3.05) is 6.54 Å². The van der Waals surface area contributed by atoms with Gasteiger partial charge in [-0.15, -0.1) is 24.8 Å². The number of nitrogens with two attached hydrogens (primary N) is 1. The number of amides is 1. The molecule has 0 aromatic carbocycles. The van der Waals surface area contributed by atoms with Crippen molar-refractivity contribution in [3.8, 4) is 0 Å². The summed E-state index contributed by atoms with van der Waals surface area (Å²) in [6.07, 6.45) is 10.2. The van der Waals surface area contributed by atoms with Crippen molar-refractivity contribution in [3.63, 3.8) is 0 Å². The van der Waals surface area contributed by atoms with Crippen molar-refractivity contribution in [1.29, 1.82) is 0 Å². The van der Waals surface area contributed by atoms with Crippen LogP contribution in [-0.2, 0) is 17.9 Å². The number of carbonyl (C=O) groups excluding carboxylic acids is 1. The van der Waals surface area contributed by atoms with Gasteiger partial charge < -0.3 is 15.6 Å². The summed E-state index contributed by atoms with van der Waals surface area (Å²) < 4.78 is 2.12. The quantitative estimate of drug-likeness (QED) is 0.764. The van der Waals surface area contributed by atoms with Crippen LogP contribution in [0.3, 0.4) is 0 Å². The van der Waals surface area contributed by atoms with Crippen LogP contribution in [0.25, 0.3) is 0 Å². The van der Waals surface area contributed by atoms with Crippen LogP contribution in [0.4, 0.5) is 0 Å². The van der Waals surface area contributed by atoms with Crippen molar-refractivity contribution in [2.45, 2.75) is 65.5 Å². The number of nitrogens with one attached hydrogen (secondary N) is 1. The van der Waals surface area contributed by atoms with E-state index in [1.165, 1.54) is 19.3 Å². The molecule has 0 atom stereocenters. The third-order valence-electron chi connectivity index (χ3n) is 4.69. The van der Waals surface area contributed by atoms with E-state index in [1.807, 2.05) is 6.20 Å². The molecule has 5 nitrogen and oxygen atoms in total. The van der Waals surface area contributed by atoms with Crippen LogP contribution in [0.5, 0.6) is 0 Å². The maximum absolute atomic E-state index is 12.3. The average molecular weight is 379 g/mol. The maximum atomic E-state index is 12.3. The van der Waals surface area contributed by atoms with E-state index in [0.717, 1.165) is 25.2 Å².